The van der Waals surface area contributed by atoms with E-state index in [2.05, 4.69) is 55.1 Å². The molecule has 1 atom stereocenters. The Morgan fingerprint density at radius 3 is 2.40 bits per heavy atom. The largest absolute Gasteiger partial charge is 0.357 e. The number of hydrogen-bond donors (Lipinski definition) is 2. The lowest BCUT2D eigenvalue weighted by Gasteiger charge is -2.30. The molecule has 2 aliphatic rings. The maximum atomic E-state index is 4.84. The third-order valence-corrected chi connectivity index (χ3v) is 5.70. The summed E-state index contributed by atoms with van der Waals surface area (Å²) in [5.74, 6) is 0.994. The van der Waals surface area contributed by atoms with Crippen molar-refractivity contribution in [2.45, 2.75) is 90.9 Å². The van der Waals surface area contributed by atoms with Gasteiger partial charge in [0.25, 0.3) is 0 Å². The van der Waals surface area contributed by atoms with Crippen LogP contribution in [0.4, 0.5) is 0 Å². The van der Waals surface area contributed by atoms with Gasteiger partial charge in [-0.15, -0.1) is 0 Å². The van der Waals surface area contributed by atoms with Gasteiger partial charge in [-0.3, -0.25) is 14.8 Å². The van der Waals surface area contributed by atoms with Crippen LogP contribution in [0.2, 0.25) is 0 Å². The molecule has 1 saturated heterocycles. The summed E-state index contributed by atoms with van der Waals surface area (Å²) in [6, 6.07) is 2.53. The highest BCUT2D eigenvalue weighted by Gasteiger charge is 2.30. The molecule has 1 aliphatic carbocycles. The second-order valence-electron chi connectivity index (χ2n) is 8.25. The maximum absolute atomic E-state index is 4.84. The molecule has 0 bridgehead atoms. The molecule has 5 nitrogen and oxygen atoms in total. The van der Waals surface area contributed by atoms with Crippen molar-refractivity contribution in [3.05, 3.63) is 0 Å². The van der Waals surface area contributed by atoms with Crippen LogP contribution in [0.1, 0.15) is 66.7 Å². The summed E-state index contributed by atoms with van der Waals surface area (Å²) in [5, 5.41) is 7.11. The summed E-state index contributed by atoms with van der Waals surface area (Å²) in [4.78, 5) is 10.0. The topological polar surface area (TPSA) is 42.9 Å². The minimum Gasteiger partial charge on any atom is -0.357 e. The van der Waals surface area contributed by atoms with Crippen molar-refractivity contribution in [2.75, 3.05) is 32.7 Å². The first kappa shape index (κ1) is 20.5. The molecule has 0 amide bonds. The third kappa shape index (κ3) is 6.45. The van der Waals surface area contributed by atoms with Gasteiger partial charge in [0.2, 0.25) is 0 Å². The Morgan fingerprint density at radius 2 is 1.80 bits per heavy atom. The normalized spacial score (nSPS) is 23.4. The van der Waals surface area contributed by atoms with Crippen molar-refractivity contribution in [3.63, 3.8) is 0 Å². The quantitative estimate of drug-likeness (QED) is 0.521. The Hall–Kier alpha value is -0.810. The molecule has 0 aromatic carbocycles. The van der Waals surface area contributed by atoms with E-state index in [9.17, 15) is 0 Å². The van der Waals surface area contributed by atoms with Gasteiger partial charge in [-0.2, -0.15) is 0 Å². The van der Waals surface area contributed by atoms with Crippen molar-refractivity contribution in [3.8, 4) is 0 Å². The number of likely N-dealkylation sites (tertiary alicyclic amines) is 1. The van der Waals surface area contributed by atoms with Crippen molar-refractivity contribution >= 4 is 5.96 Å². The standard InChI is InChI=1S/C20H41N5/c1-6-21-20(22-12-14-25(16(2)3)17(4)5)23-18-11-13-24(15-18)19-9-7-8-10-19/h16-19H,6-15H2,1-5H3,(H2,21,22,23). The summed E-state index contributed by atoms with van der Waals surface area (Å²) in [6.45, 7) is 16.4. The first-order valence-electron chi connectivity index (χ1n) is 10.6. The van der Waals surface area contributed by atoms with Crippen LogP contribution >= 0.6 is 0 Å². The van der Waals surface area contributed by atoms with Crippen LogP contribution in [-0.4, -0.2) is 72.7 Å². The van der Waals surface area contributed by atoms with E-state index in [-0.39, 0.29) is 0 Å². The Morgan fingerprint density at radius 1 is 1.12 bits per heavy atom. The fourth-order valence-electron chi connectivity index (χ4n) is 4.41. The van der Waals surface area contributed by atoms with Gasteiger partial charge in [0.1, 0.15) is 0 Å². The summed E-state index contributed by atoms with van der Waals surface area (Å²) >= 11 is 0. The lowest BCUT2D eigenvalue weighted by Crippen LogP contribution is -2.46. The molecule has 0 spiro atoms. The van der Waals surface area contributed by atoms with Crippen LogP contribution in [0.5, 0.6) is 0 Å². The number of hydrogen-bond acceptors (Lipinski definition) is 3. The molecule has 2 fully saturated rings. The molecule has 1 heterocycles. The molecule has 2 N–H and O–H groups in total. The second-order valence-corrected chi connectivity index (χ2v) is 8.25. The van der Waals surface area contributed by atoms with Crippen LogP contribution in [0.3, 0.4) is 0 Å². The molecule has 1 aliphatic heterocycles. The van der Waals surface area contributed by atoms with Crippen LogP contribution in [-0.2, 0) is 0 Å². The van der Waals surface area contributed by atoms with E-state index in [0.717, 1.165) is 31.6 Å². The van der Waals surface area contributed by atoms with Crippen molar-refractivity contribution in [2.24, 2.45) is 4.99 Å². The number of nitrogens with one attached hydrogen (secondary N) is 2. The summed E-state index contributed by atoms with van der Waals surface area (Å²) in [6.07, 6.45) is 6.89. The summed E-state index contributed by atoms with van der Waals surface area (Å²) in [7, 11) is 0. The van der Waals surface area contributed by atoms with Gasteiger partial charge < -0.3 is 10.6 Å². The molecule has 0 aromatic heterocycles. The number of nitrogens with zero attached hydrogens (tertiary/aromatic N) is 3. The maximum Gasteiger partial charge on any atom is 0.191 e. The Kier molecular flexibility index (Phi) is 8.50. The molecular formula is C20H41N5. The number of aliphatic imine (C=N–C) groups is 1. The van der Waals surface area contributed by atoms with Gasteiger partial charge in [-0.1, -0.05) is 12.8 Å². The predicted octanol–water partition coefficient (Wildman–Crippen LogP) is 2.68. The van der Waals surface area contributed by atoms with E-state index < -0.39 is 0 Å². The second kappa shape index (κ2) is 10.4. The SMILES string of the molecule is CCNC(=NCCN(C(C)C)C(C)C)NC1CCN(C2CCCC2)C1. The molecule has 1 saturated carbocycles. The average molecular weight is 352 g/mol. The van der Waals surface area contributed by atoms with Crippen LogP contribution in [0.15, 0.2) is 4.99 Å². The van der Waals surface area contributed by atoms with E-state index in [1.165, 1.54) is 45.2 Å². The van der Waals surface area contributed by atoms with Crippen LogP contribution in [0, 0.1) is 0 Å². The first-order chi connectivity index (χ1) is 12.0. The monoisotopic (exact) mass is 351 g/mol. The van der Waals surface area contributed by atoms with E-state index in [1.54, 1.807) is 0 Å². The average Bonchev–Trinajstić information content (AvgIpc) is 3.21. The third-order valence-electron chi connectivity index (χ3n) is 5.70. The van der Waals surface area contributed by atoms with Gasteiger partial charge >= 0.3 is 0 Å². The van der Waals surface area contributed by atoms with Crippen molar-refractivity contribution in [1.29, 1.82) is 0 Å². The Bertz CT molecular complexity index is 393. The van der Waals surface area contributed by atoms with E-state index in [1.807, 2.05) is 0 Å². The first-order valence-corrected chi connectivity index (χ1v) is 10.6. The van der Waals surface area contributed by atoms with Gasteiger partial charge in [0, 0.05) is 50.3 Å². The van der Waals surface area contributed by atoms with Crippen molar-refractivity contribution < 1.29 is 0 Å². The van der Waals surface area contributed by atoms with Gasteiger partial charge in [0.05, 0.1) is 6.54 Å². The molecule has 0 radical (unpaired) electrons. The van der Waals surface area contributed by atoms with Gasteiger partial charge in [-0.25, -0.2) is 0 Å². The van der Waals surface area contributed by atoms with E-state index in [4.69, 9.17) is 4.99 Å². The molecular weight excluding hydrogens is 310 g/mol. The number of guanidine groups is 1. The highest BCUT2D eigenvalue weighted by Crippen LogP contribution is 2.26. The predicted molar refractivity (Wildman–Crippen MR) is 108 cm³/mol. The Balaban J connectivity index is 1.81. The smallest absolute Gasteiger partial charge is 0.191 e. The fraction of sp³-hybridized carbons (Fsp3) is 0.950. The lowest BCUT2D eigenvalue weighted by atomic mass is 10.2. The zero-order valence-electron chi connectivity index (χ0n) is 17.2. The van der Waals surface area contributed by atoms with Crippen LogP contribution < -0.4 is 10.6 Å². The minimum absolute atomic E-state index is 0.546. The zero-order chi connectivity index (χ0) is 18.2. The van der Waals surface area contributed by atoms with Crippen molar-refractivity contribution in [1.82, 2.24) is 20.4 Å². The van der Waals surface area contributed by atoms with Gasteiger partial charge in [0.15, 0.2) is 5.96 Å². The summed E-state index contributed by atoms with van der Waals surface area (Å²) in [5.41, 5.74) is 0. The van der Waals surface area contributed by atoms with Gasteiger partial charge in [-0.05, 0) is 53.9 Å². The summed E-state index contributed by atoms with van der Waals surface area (Å²) < 4.78 is 0. The van der Waals surface area contributed by atoms with Crippen LogP contribution in [0.25, 0.3) is 0 Å². The fourth-order valence-corrected chi connectivity index (χ4v) is 4.41. The molecule has 146 valence electrons. The van der Waals surface area contributed by atoms with E-state index in [0.29, 0.717) is 18.1 Å². The molecule has 25 heavy (non-hydrogen) atoms. The Labute approximate surface area is 155 Å². The highest BCUT2D eigenvalue weighted by atomic mass is 15.3. The molecule has 2 rings (SSSR count). The van der Waals surface area contributed by atoms with E-state index >= 15 is 0 Å². The zero-order valence-corrected chi connectivity index (χ0v) is 17.2. The minimum atomic E-state index is 0.546. The number of rotatable bonds is 8. The highest BCUT2D eigenvalue weighted by molar-refractivity contribution is 5.80. The molecule has 5 heteroatoms. The molecule has 1 unspecified atom stereocenters. The molecule has 0 aromatic rings. The lowest BCUT2D eigenvalue weighted by molar-refractivity contribution is 0.181.